The minimum absolute atomic E-state index is 0.114. The number of aromatic nitrogens is 3. The van der Waals surface area contributed by atoms with E-state index in [9.17, 15) is 4.79 Å². The molecular weight excluding hydrogens is 338 g/mol. The molecule has 2 aromatic carbocycles. The van der Waals surface area contributed by atoms with E-state index in [4.69, 9.17) is 4.74 Å². The molecule has 3 aromatic rings. The normalized spacial score (nSPS) is 19.6. The largest absolute Gasteiger partial charge is 0.457 e. The number of benzene rings is 2. The highest BCUT2D eigenvalue weighted by atomic mass is 16.5. The third-order valence-corrected chi connectivity index (χ3v) is 5.12. The van der Waals surface area contributed by atoms with Crippen molar-refractivity contribution in [1.82, 2.24) is 15.0 Å². The van der Waals surface area contributed by atoms with Gasteiger partial charge in [-0.05, 0) is 55.2 Å². The fourth-order valence-corrected chi connectivity index (χ4v) is 3.65. The fraction of sp³-hybridized carbons (Fsp3) is 0.318. The Morgan fingerprint density at radius 3 is 2.52 bits per heavy atom. The Bertz CT molecular complexity index is 903. The average molecular weight is 361 g/mol. The van der Waals surface area contributed by atoms with E-state index in [2.05, 4.69) is 17.2 Å². The molecule has 0 N–H and O–H groups in total. The van der Waals surface area contributed by atoms with E-state index in [1.165, 1.54) is 12.8 Å². The van der Waals surface area contributed by atoms with Crippen molar-refractivity contribution in [2.24, 2.45) is 5.92 Å². The molecule has 1 heterocycles. The number of carbonyl (C=O) groups excluding carboxylic acids is 1. The molecule has 4 rings (SSSR count). The number of hydrogen-bond acceptors (Lipinski definition) is 4. The predicted octanol–water partition coefficient (Wildman–Crippen LogP) is 5.05. The Balaban J connectivity index is 1.45. The number of para-hydroxylation sites is 1. The molecule has 1 aromatic heterocycles. The Kier molecular flexibility index (Phi) is 5.01. The molecule has 5 heteroatoms. The van der Waals surface area contributed by atoms with Gasteiger partial charge in [0.2, 0.25) is 5.78 Å². The molecule has 2 unspecified atom stereocenters. The number of ether oxygens (including phenoxy) is 1. The molecule has 2 atom stereocenters. The SMILES string of the molecule is CC1CCCC(n2cc(C(=O)c3ccc(Oc4ccccc4)cc3)nn2)C1. The van der Waals surface area contributed by atoms with Crippen LogP contribution in [0.1, 0.15) is 54.7 Å². The van der Waals surface area contributed by atoms with E-state index in [0.29, 0.717) is 29.0 Å². The second-order valence-corrected chi connectivity index (χ2v) is 7.28. The zero-order valence-corrected chi connectivity index (χ0v) is 15.4. The van der Waals surface area contributed by atoms with Gasteiger partial charge in [-0.1, -0.05) is 43.2 Å². The van der Waals surface area contributed by atoms with E-state index < -0.39 is 0 Å². The Hall–Kier alpha value is -2.95. The van der Waals surface area contributed by atoms with Crippen LogP contribution in [-0.4, -0.2) is 20.8 Å². The van der Waals surface area contributed by atoms with Gasteiger partial charge in [-0.3, -0.25) is 4.79 Å². The highest BCUT2D eigenvalue weighted by Crippen LogP contribution is 2.31. The van der Waals surface area contributed by atoms with Crippen LogP contribution in [0, 0.1) is 5.92 Å². The van der Waals surface area contributed by atoms with Crippen molar-refractivity contribution in [3.8, 4) is 11.5 Å². The van der Waals surface area contributed by atoms with Crippen molar-refractivity contribution in [3.63, 3.8) is 0 Å². The lowest BCUT2D eigenvalue weighted by molar-refractivity contribution is 0.103. The molecule has 1 fully saturated rings. The van der Waals surface area contributed by atoms with Gasteiger partial charge in [0.1, 0.15) is 11.5 Å². The van der Waals surface area contributed by atoms with E-state index in [1.54, 1.807) is 30.5 Å². The van der Waals surface area contributed by atoms with Crippen LogP contribution >= 0.6 is 0 Å². The smallest absolute Gasteiger partial charge is 0.214 e. The van der Waals surface area contributed by atoms with Crippen molar-refractivity contribution in [2.75, 3.05) is 0 Å². The topological polar surface area (TPSA) is 57.0 Å². The highest BCUT2D eigenvalue weighted by molar-refractivity contribution is 6.07. The second-order valence-electron chi connectivity index (χ2n) is 7.28. The van der Waals surface area contributed by atoms with Crippen molar-refractivity contribution in [3.05, 3.63) is 72.1 Å². The summed E-state index contributed by atoms with van der Waals surface area (Å²) >= 11 is 0. The summed E-state index contributed by atoms with van der Waals surface area (Å²) in [5, 5.41) is 8.33. The molecule has 0 saturated heterocycles. The fourth-order valence-electron chi connectivity index (χ4n) is 3.65. The molecule has 138 valence electrons. The number of ketones is 1. The van der Waals surface area contributed by atoms with Gasteiger partial charge in [0, 0.05) is 5.56 Å². The monoisotopic (exact) mass is 361 g/mol. The Morgan fingerprint density at radius 2 is 1.78 bits per heavy atom. The third-order valence-electron chi connectivity index (χ3n) is 5.12. The molecule has 1 aliphatic carbocycles. The molecule has 0 radical (unpaired) electrons. The van der Waals surface area contributed by atoms with E-state index >= 15 is 0 Å². The van der Waals surface area contributed by atoms with Crippen LogP contribution in [0.4, 0.5) is 0 Å². The van der Waals surface area contributed by atoms with Crippen LogP contribution < -0.4 is 4.74 Å². The standard InChI is InChI=1S/C22H23N3O2/c1-16-6-5-7-18(14-16)25-15-21(23-24-25)22(26)17-10-12-20(13-11-17)27-19-8-3-2-4-9-19/h2-4,8-13,15-16,18H,5-7,14H2,1H3. The summed E-state index contributed by atoms with van der Waals surface area (Å²) in [7, 11) is 0. The molecule has 27 heavy (non-hydrogen) atoms. The minimum Gasteiger partial charge on any atom is -0.457 e. The molecule has 5 nitrogen and oxygen atoms in total. The summed E-state index contributed by atoms with van der Waals surface area (Å²) < 4.78 is 7.64. The van der Waals surface area contributed by atoms with E-state index in [-0.39, 0.29) is 5.78 Å². The quantitative estimate of drug-likeness (QED) is 0.597. The van der Waals surface area contributed by atoms with Gasteiger partial charge in [0.15, 0.2) is 5.69 Å². The lowest BCUT2D eigenvalue weighted by Gasteiger charge is -2.26. The van der Waals surface area contributed by atoms with E-state index in [0.717, 1.165) is 18.6 Å². The van der Waals surface area contributed by atoms with Crippen molar-refractivity contribution >= 4 is 5.78 Å². The van der Waals surface area contributed by atoms with Crippen LogP contribution in [0.5, 0.6) is 11.5 Å². The van der Waals surface area contributed by atoms with Crippen LogP contribution in [-0.2, 0) is 0 Å². The summed E-state index contributed by atoms with van der Waals surface area (Å²) in [6.45, 7) is 2.27. The van der Waals surface area contributed by atoms with Gasteiger partial charge in [-0.2, -0.15) is 0 Å². The first kappa shape index (κ1) is 17.5. The second kappa shape index (κ2) is 7.74. The van der Waals surface area contributed by atoms with Gasteiger partial charge in [-0.25, -0.2) is 4.68 Å². The van der Waals surface area contributed by atoms with Crippen molar-refractivity contribution in [1.29, 1.82) is 0 Å². The number of rotatable bonds is 5. The van der Waals surface area contributed by atoms with Crippen molar-refractivity contribution in [2.45, 2.75) is 38.6 Å². The van der Waals surface area contributed by atoms with E-state index in [1.807, 2.05) is 35.0 Å². The number of nitrogens with zero attached hydrogens (tertiary/aromatic N) is 3. The summed E-state index contributed by atoms with van der Waals surface area (Å²) in [5.74, 6) is 2.04. The van der Waals surface area contributed by atoms with Gasteiger partial charge in [0.25, 0.3) is 0 Å². The highest BCUT2D eigenvalue weighted by Gasteiger charge is 2.23. The van der Waals surface area contributed by atoms with Gasteiger partial charge in [-0.15, -0.1) is 5.10 Å². The molecule has 0 amide bonds. The summed E-state index contributed by atoms with van der Waals surface area (Å²) in [6, 6.07) is 17.0. The van der Waals surface area contributed by atoms with Gasteiger partial charge >= 0.3 is 0 Å². The minimum atomic E-state index is -0.114. The number of carbonyl (C=O) groups is 1. The van der Waals surface area contributed by atoms with Crippen LogP contribution in [0.25, 0.3) is 0 Å². The van der Waals surface area contributed by atoms with Crippen molar-refractivity contribution < 1.29 is 9.53 Å². The molecule has 0 bridgehead atoms. The summed E-state index contributed by atoms with van der Waals surface area (Å²) in [5.41, 5.74) is 0.976. The first-order valence-electron chi connectivity index (χ1n) is 9.48. The molecular formula is C22H23N3O2. The maximum absolute atomic E-state index is 12.7. The zero-order chi connectivity index (χ0) is 18.6. The lowest BCUT2D eigenvalue weighted by atomic mass is 9.87. The molecule has 1 aliphatic rings. The maximum Gasteiger partial charge on any atom is 0.214 e. The lowest BCUT2D eigenvalue weighted by Crippen LogP contribution is -2.18. The van der Waals surface area contributed by atoms with Crippen LogP contribution in [0.3, 0.4) is 0 Å². The third kappa shape index (κ3) is 4.08. The first-order valence-corrected chi connectivity index (χ1v) is 9.48. The summed E-state index contributed by atoms with van der Waals surface area (Å²) in [6.07, 6.45) is 6.47. The first-order chi connectivity index (χ1) is 13.2. The van der Waals surface area contributed by atoms with Crippen LogP contribution in [0.15, 0.2) is 60.8 Å². The Labute approximate surface area is 159 Å². The summed E-state index contributed by atoms with van der Waals surface area (Å²) in [4.78, 5) is 12.7. The van der Waals surface area contributed by atoms with Gasteiger partial charge < -0.3 is 4.74 Å². The molecule has 0 aliphatic heterocycles. The zero-order valence-electron chi connectivity index (χ0n) is 15.4. The number of hydrogen-bond donors (Lipinski definition) is 0. The average Bonchev–Trinajstić information content (AvgIpc) is 3.19. The maximum atomic E-state index is 12.7. The molecule has 1 saturated carbocycles. The Morgan fingerprint density at radius 1 is 1.04 bits per heavy atom. The molecule has 0 spiro atoms. The van der Waals surface area contributed by atoms with Crippen LogP contribution in [0.2, 0.25) is 0 Å². The van der Waals surface area contributed by atoms with Gasteiger partial charge in [0.05, 0.1) is 12.2 Å². The predicted molar refractivity (Wildman–Crippen MR) is 103 cm³/mol.